The summed E-state index contributed by atoms with van der Waals surface area (Å²) in [4.78, 5) is 4.07. The van der Waals surface area contributed by atoms with Gasteiger partial charge in [0.25, 0.3) is 5.88 Å². The maximum absolute atomic E-state index is 6.02. The predicted molar refractivity (Wildman–Crippen MR) is 86.1 cm³/mol. The molecule has 0 amide bonds. The number of hydrogen-bond acceptors (Lipinski definition) is 7. The van der Waals surface area contributed by atoms with E-state index in [1.54, 1.807) is 10.6 Å². The number of aromatic amines is 1. The number of ether oxygens (including phenoxy) is 1. The highest BCUT2D eigenvalue weighted by molar-refractivity contribution is 5.62. The van der Waals surface area contributed by atoms with Gasteiger partial charge in [-0.15, -0.1) is 15.3 Å². The molecule has 120 valence electrons. The number of hydrogen-bond donors (Lipinski definition) is 2. The number of nitrogens with two attached hydrogens (primary N) is 1. The third kappa shape index (κ3) is 2.41. The summed E-state index contributed by atoms with van der Waals surface area (Å²) in [5.41, 5.74) is 7.84. The van der Waals surface area contributed by atoms with Crippen molar-refractivity contribution in [3.8, 4) is 17.3 Å². The van der Waals surface area contributed by atoms with Crippen LogP contribution in [0.2, 0.25) is 0 Å². The monoisotopic (exact) mass is 322 g/mol. The fourth-order valence-corrected chi connectivity index (χ4v) is 2.32. The van der Waals surface area contributed by atoms with Crippen LogP contribution >= 0.6 is 0 Å². The van der Waals surface area contributed by atoms with Crippen LogP contribution in [0.25, 0.3) is 17.0 Å². The molecule has 3 heterocycles. The van der Waals surface area contributed by atoms with Crippen LogP contribution in [0.15, 0.2) is 42.7 Å². The van der Waals surface area contributed by atoms with Gasteiger partial charge in [-0.25, -0.2) is 4.98 Å². The van der Waals surface area contributed by atoms with Gasteiger partial charge in [-0.2, -0.15) is 9.61 Å². The number of nitrogens with zero attached hydrogens (tertiary/aromatic N) is 6. The van der Waals surface area contributed by atoms with Gasteiger partial charge in [0.15, 0.2) is 23.4 Å². The lowest BCUT2D eigenvalue weighted by atomic mass is 10.2. The van der Waals surface area contributed by atoms with E-state index in [1.807, 2.05) is 37.3 Å². The molecule has 9 heteroatoms. The lowest BCUT2D eigenvalue weighted by Gasteiger charge is -2.13. The van der Waals surface area contributed by atoms with Gasteiger partial charge in [-0.1, -0.05) is 30.3 Å². The predicted octanol–water partition coefficient (Wildman–Crippen LogP) is 1.63. The summed E-state index contributed by atoms with van der Waals surface area (Å²) in [6.07, 6.45) is 1.04. The van der Waals surface area contributed by atoms with Gasteiger partial charge in [-0.05, 0) is 6.92 Å². The van der Waals surface area contributed by atoms with Crippen LogP contribution in [0.5, 0.6) is 5.88 Å². The molecule has 0 aliphatic carbocycles. The first kappa shape index (κ1) is 14.1. The number of H-pyrrole nitrogens is 1. The summed E-state index contributed by atoms with van der Waals surface area (Å²) in [5.74, 6) is 1.48. The molecule has 3 N–H and O–H groups in total. The molecule has 0 aliphatic rings. The summed E-state index contributed by atoms with van der Waals surface area (Å²) in [6, 6.07) is 11.3. The summed E-state index contributed by atoms with van der Waals surface area (Å²) in [5, 5.41) is 19.3. The first-order valence-corrected chi connectivity index (χ1v) is 7.31. The number of benzene rings is 1. The second kappa shape index (κ2) is 5.61. The maximum atomic E-state index is 6.02. The Bertz CT molecular complexity index is 964. The van der Waals surface area contributed by atoms with E-state index in [9.17, 15) is 0 Å². The van der Waals surface area contributed by atoms with Crippen LogP contribution in [0.3, 0.4) is 0 Å². The van der Waals surface area contributed by atoms with Gasteiger partial charge in [0, 0.05) is 11.6 Å². The molecule has 1 aromatic carbocycles. The number of aromatic nitrogens is 7. The van der Waals surface area contributed by atoms with E-state index >= 15 is 0 Å². The Hall–Kier alpha value is -3.49. The summed E-state index contributed by atoms with van der Waals surface area (Å²) in [7, 11) is 0. The molecule has 0 fully saturated rings. The molecule has 4 aromatic rings. The van der Waals surface area contributed by atoms with Crippen molar-refractivity contribution < 1.29 is 4.74 Å². The number of rotatable bonds is 4. The first-order valence-electron chi connectivity index (χ1n) is 7.31. The zero-order valence-electron chi connectivity index (χ0n) is 12.8. The summed E-state index contributed by atoms with van der Waals surface area (Å²) in [6.45, 7) is 1.83. The van der Waals surface area contributed by atoms with E-state index in [2.05, 4.69) is 30.5 Å². The van der Waals surface area contributed by atoms with Gasteiger partial charge < -0.3 is 10.5 Å². The zero-order chi connectivity index (χ0) is 16.5. The maximum Gasteiger partial charge on any atom is 0.256 e. The topological polar surface area (TPSA) is 120 Å². The zero-order valence-corrected chi connectivity index (χ0v) is 12.8. The molecular formula is C15H14N8O. The average Bonchev–Trinajstić information content (AvgIpc) is 3.25. The second-order valence-electron chi connectivity index (χ2n) is 5.20. The Morgan fingerprint density at radius 3 is 2.79 bits per heavy atom. The quantitative estimate of drug-likeness (QED) is 0.586. The minimum absolute atomic E-state index is 0.281. The van der Waals surface area contributed by atoms with Gasteiger partial charge in [0.1, 0.15) is 12.0 Å². The second-order valence-corrected chi connectivity index (χ2v) is 5.20. The standard InChI is InChI=1S/C15H14N8O/c1-9(13-17-8-18-20-13)24-15-11(16)7-12-19-21-14(23(12)22-15)10-5-3-2-4-6-10/h2-9H,16H2,1H3,(H,17,18,20). The molecule has 0 radical (unpaired) electrons. The van der Waals surface area contributed by atoms with E-state index in [0.29, 0.717) is 23.0 Å². The van der Waals surface area contributed by atoms with E-state index < -0.39 is 0 Å². The molecule has 0 saturated carbocycles. The molecular weight excluding hydrogens is 308 g/mol. The van der Waals surface area contributed by atoms with Crippen LogP contribution in [-0.4, -0.2) is 35.0 Å². The summed E-state index contributed by atoms with van der Waals surface area (Å²) >= 11 is 0. The molecule has 9 nitrogen and oxygen atoms in total. The van der Waals surface area contributed by atoms with E-state index in [0.717, 1.165) is 5.56 Å². The van der Waals surface area contributed by atoms with Crippen molar-refractivity contribution in [2.24, 2.45) is 0 Å². The van der Waals surface area contributed by atoms with Crippen molar-refractivity contribution in [2.75, 3.05) is 5.73 Å². The van der Waals surface area contributed by atoms with Crippen molar-refractivity contribution in [2.45, 2.75) is 13.0 Å². The van der Waals surface area contributed by atoms with Crippen molar-refractivity contribution >= 4 is 11.3 Å². The Kier molecular flexibility index (Phi) is 3.30. The Labute approximate surface area is 136 Å². The lowest BCUT2D eigenvalue weighted by molar-refractivity contribution is 0.206. The average molecular weight is 322 g/mol. The van der Waals surface area contributed by atoms with Gasteiger partial charge in [-0.3, -0.25) is 5.10 Å². The van der Waals surface area contributed by atoms with E-state index in [4.69, 9.17) is 10.5 Å². The SMILES string of the molecule is CC(Oc1nn2c(-c3ccccc3)nnc2cc1N)c1ncn[nH]1. The Morgan fingerprint density at radius 2 is 2.04 bits per heavy atom. The number of nitrogen functional groups attached to an aromatic ring is 1. The van der Waals surface area contributed by atoms with Crippen molar-refractivity contribution in [3.63, 3.8) is 0 Å². The molecule has 0 saturated heterocycles. The molecule has 3 aromatic heterocycles. The van der Waals surface area contributed by atoms with E-state index in [1.165, 1.54) is 6.33 Å². The fraction of sp³-hybridized carbons (Fsp3) is 0.133. The molecule has 4 rings (SSSR count). The smallest absolute Gasteiger partial charge is 0.256 e. The number of nitrogens with one attached hydrogen (secondary N) is 1. The highest BCUT2D eigenvalue weighted by atomic mass is 16.5. The molecule has 1 atom stereocenters. The third-order valence-electron chi connectivity index (χ3n) is 3.53. The van der Waals surface area contributed by atoms with E-state index in [-0.39, 0.29) is 12.0 Å². The van der Waals surface area contributed by atoms with Gasteiger partial charge in [0.2, 0.25) is 0 Å². The van der Waals surface area contributed by atoms with Gasteiger partial charge in [0.05, 0.1) is 0 Å². The summed E-state index contributed by atoms with van der Waals surface area (Å²) < 4.78 is 7.42. The Morgan fingerprint density at radius 1 is 1.21 bits per heavy atom. The minimum Gasteiger partial charge on any atom is -0.464 e. The van der Waals surface area contributed by atoms with Crippen molar-refractivity contribution in [1.29, 1.82) is 0 Å². The van der Waals surface area contributed by atoms with Crippen molar-refractivity contribution in [3.05, 3.63) is 48.5 Å². The van der Waals surface area contributed by atoms with Crippen LogP contribution in [-0.2, 0) is 0 Å². The highest BCUT2D eigenvalue weighted by Gasteiger charge is 2.17. The molecule has 1 unspecified atom stereocenters. The van der Waals surface area contributed by atoms with Crippen LogP contribution in [0.4, 0.5) is 5.69 Å². The number of anilines is 1. The van der Waals surface area contributed by atoms with Crippen LogP contribution in [0.1, 0.15) is 18.9 Å². The molecule has 0 spiro atoms. The molecule has 0 aliphatic heterocycles. The normalized spacial score (nSPS) is 12.4. The van der Waals surface area contributed by atoms with Crippen LogP contribution in [0, 0.1) is 0 Å². The first-order chi connectivity index (χ1) is 11.7. The van der Waals surface area contributed by atoms with Crippen molar-refractivity contribution in [1.82, 2.24) is 35.0 Å². The van der Waals surface area contributed by atoms with Crippen LogP contribution < -0.4 is 10.5 Å². The largest absolute Gasteiger partial charge is 0.464 e. The highest BCUT2D eigenvalue weighted by Crippen LogP contribution is 2.26. The van der Waals surface area contributed by atoms with Gasteiger partial charge >= 0.3 is 0 Å². The number of fused-ring (bicyclic) bond motifs is 1. The minimum atomic E-state index is -0.378. The fourth-order valence-electron chi connectivity index (χ4n) is 2.32. The lowest BCUT2D eigenvalue weighted by Crippen LogP contribution is -2.10. The third-order valence-corrected chi connectivity index (χ3v) is 3.53. The molecule has 24 heavy (non-hydrogen) atoms. The Balaban J connectivity index is 1.75. The molecule has 0 bridgehead atoms.